The van der Waals surface area contributed by atoms with Gasteiger partial charge in [0.05, 0.1) is 6.54 Å². The summed E-state index contributed by atoms with van der Waals surface area (Å²) < 4.78 is 2.28. The molecule has 3 heterocycles. The molecule has 0 amide bonds. The van der Waals surface area contributed by atoms with Crippen LogP contribution in [0.2, 0.25) is 0 Å². The van der Waals surface area contributed by atoms with E-state index in [2.05, 4.69) is 4.98 Å². The molecule has 0 aliphatic rings. The Bertz CT molecular complexity index is 949. The first kappa shape index (κ1) is 13.7. The van der Waals surface area contributed by atoms with E-state index < -0.39 is 17.2 Å². The lowest BCUT2D eigenvalue weighted by atomic mass is 10.4. The quantitative estimate of drug-likeness (QED) is 0.777. The van der Waals surface area contributed by atoms with E-state index >= 15 is 0 Å². The number of aryl methyl sites for hydroxylation is 1. The Morgan fingerprint density at radius 1 is 1.43 bits per heavy atom. The molecule has 1 N–H and O–H groups in total. The summed E-state index contributed by atoms with van der Waals surface area (Å²) in [5.41, 5.74) is -0.628. The maximum absolute atomic E-state index is 12.4. The second-order valence-corrected chi connectivity index (χ2v) is 6.31. The Morgan fingerprint density at radius 3 is 2.81 bits per heavy atom. The van der Waals surface area contributed by atoms with E-state index in [1.807, 2.05) is 0 Å². The van der Waals surface area contributed by atoms with Gasteiger partial charge in [-0.1, -0.05) is 0 Å². The van der Waals surface area contributed by atoms with Crippen LogP contribution in [-0.2, 0) is 6.54 Å². The van der Waals surface area contributed by atoms with Crippen molar-refractivity contribution in [3.05, 3.63) is 54.1 Å². The van der Waals surface area contributed by atoms with Crippen LogP contribution < -0.4 is 11.2 Å². The summed E-state index contributed by atoms with van der Waals surface area (Å²) >= 11 is 2.26. The Kier molecular flexibility index (Phi) is 3.22. The minimum atomic E-state index is -1.12. The molecule has 0 aliphatic heterocycles. The zero-order chi connectivity index (χ0) is 15.1. The van der Waals surface area contributed by atoms with Crippen molar-refractivity contribution in [1.82, 2.24) is 14.0 Å². The molecule has 9 heteroatoms. The highest BCUT2D eigenvalue weighted by Crippen LogP contribution is 2.18. The van der Waals surface area contributed by atoms with E-state index in [0.29, 0.717) is 15.4 Å². The van der Waals surface area contributed by atoms with Crippen LogP contribution in [0.15, 0.2) is 27.4 Å². The summed E-state index contributed by atoms with van der Waals surface area (Å²) in [5.74, 6) is -1.12. The predicted octanol–water partition coefficient (Wildman–Crippen LogP) is 1.03. The Morgan fingerprint density at radius 2 is 2.19 bits per heavy atom. The van der Waals surface area contributed by atoms with Crippen LogP contribution in [0.1, 0.15) is 20.2 Å². The van der Waals surface area contributed by atoms with Crippen LogP contribution in [0.3, 0.4) is 0 Å². The number of hydrogen-bond donors (Lipinski definition) is 1. The third-order valence-electron chi connectivity index (χ3n) is 2.98. The molecule has 0 fully saturated rings. The largest absolute Gasteiger partial charge is 0.477 e. The number of fused-ring (bicyclic) bond motifs is 1. The minimum absolute atomic E-state index is 0.0154. The van der Waals surface area contributed by atoms with Gasteiger partial charge in [-0.25, -0.2) is 14.6 Å². The van der Waals surface area contributed by atoms with Gasteiger partial charge in [0.1, 0.15) is 14.7 Å². The highest BCUT2D eigenvalue weighted by molar-refractivity contribution is 7.19. The van der Waals surface area contributed by atoms with Crippen molar-refractivity contribution in [2.45, 2.75) is 13.5 Å². The fourth-order valence-corrected chi connectivity index (χ4v) is 3.50. The van der Waals surface area contributed by atoms with Gasteiger partial charge in [0.15, 0.2) is 0 Å². The average molecular weight is 323 g/mol. The van der Waals surface area contributed by atoms with Crippen LogP contribution in [0, 0.1) is 6.92 Å². The van der Waals surface area contributed by atoms with Crippen molar-refractivity contribution in [3.63, 3.8) is 0 Å². The van der Waals surface area contributed by atoms with Crippen molar-refractivity contribution in [1.29, 1.82) is 0 Å². The topological polar surface area (TPSA) is 93.7 Å². The van der Waals surface area contributed by atoms with Crippen LogP contribution in [0.4, 0.5) is 0 Å². The van der Waals surface area contributed by atoms with Crippen LogP contribution >= 0.6 is 22.7 Å². The molecule has 0 spiro atoms. The van der Waals surface area contributed by atoms with Gasteiger partial charge in [-0.05, 0) is 6.92 Å². The molecule has 21 heavy (non-hydrogen) atoms. The zero-order valence-electron chi connectivity index (χ0n) is 10.8. The molecule has 0 unspecified atom stereocenters. The molecule has 7 nitrogen and oxygen atoms in total. The monoisotopic (exact) mass is 323 g/mol. The lowest BCUT2D eigenvalue weighted by molar-refractivity contribution is 0.0701. The lowest BCUT2D eigenvalue weighted by Crippen LogP contribution is -2.38. The minimum Gasteiger partial charge on any atom is -0.477 e. The van der Waals surface area contributed by atoms with Crippen molar-refractivity contribution >= 4 is 33.5 Å². The number of hydrogen-bond acceptors (Lipinski definition) is 6. The normalized spacial score (nSPS) is 11.1. The molecule has 0 atom stereocenters. The second kappa shape index (κ2) is 4.93. The number of rotatable bonds is 3. The number of nitrogens with zero attached hydrogens (tertiary/aromatic N) is 3. The first-order valence-electron chi connectivity index (χ1n) is 5.86. The number of carbonyl (C=O) groups is 1. The van der Waals surface area contributed by atoms with Gasteiger partial charge in [-0.3, -0.25) is 13.8 Å². The first-order valence-corrected chi connectivity index (χ1v) is 7.56. The van der Waals surface area contributed by atoms with Gasteiger partial charge >= 0.3 is 11.7 Å². The highest BCUT2D eigenvalue weighted by Gasteiger charge is 2.17. The van der Waals surface area contributed by atoms with Crippen molar-refractivity contribution < 1.29 is 9.90 Å². The number of carboxylic acid groups (broad SMARTS) is 1. The van der Waals surface area contributed by atoms with E-state index in [9.17, 15) is 14.4 Å². The molecule has 3 aromatic heterocycles. The molecule has 3 rings (SSSR count). The van der Waals surface area contributed by atoms with Crippen molar-refractivity contribution in [2.75, 3.05) is 0 Å². The van der Waals surface area contributed by atoms with Crippen molar-refractivity contribution in [2.24, 2.45) is 0 Å². The number of aromatic nitrogens is 3. The Hall–Kier alpha value is -2.26. The smallest absolute Gasteiger partial charge is 0.347 e. The van der Waals surface area contributed by atoms with Gasteiger partial charge < -0.3 is 5.11 Å². The zero-order valence-corrected chi connectivity index (χ0v) is 12.4. The van der Waals surface area contributed by atoms with Crippen molar-refractivity contribution in [3.8, 4) is 0 Å². The third kappa shape index (κ3) is 2.20. The van der Waals surface area contributed by atoms with Gasteiger partial charge in [0.25, 0.3) is 5.56 Å². The summed E-state index contributed by atoms with van der Waals surface area (Å²) in [6, 6.07) is 0. The maximum atomic E-state index is 12.4. The molecular formula is C12H9N3O4S2. The fraction of sp³-hybridized carbons (Fsp3) is 0.167. The summed E-state index contributed by atoms with van der Waals surface area (Å²) in [7, 11) is 0. The van der Waals surface area contributed by atoms with E-state index in [1.54, 1.807) is 18.5 Å². The Balaban J connectivity index is 2.29. The summed E-state index contributed by atoms with van der Waals surface area (Å²) in [6.45, 7) is 1.66. The van der Waals surface area contributed by atoms with Crippen LogP contribution in [0.5, 0.6) is 0 Å². The Labute approximate surface area is 125 Å². The first-order chi connectivity index (χ1) is 9.99. The molecule has 0 saturated heterocycles. The summed E-state index contributed by atoms with van der Waals surface area (Å²) in [4.78, 5) is 40.1. The molecule has 0 aliphatic carbocycles. The van der Waals surface area contributed by atoms with Gasteiger partial charge in [0, 0.05) is 23.3 Å². The third-order valence-corrected chi connectivity index (χ3v) is 4.94. The predicted molar refractivity (Wildman–Crippen MR) is 78.7 cm³/mol. The average Bonchev–Trinajstić information content (AvgIpc) is 3.10. The summed E-state index contributed by atoms with van der Waals surface area (Å²) in [6.07, 6.45) is 2.84. The fourth-order valence-electron chi connectivity index (χ4n) is 1.97. The summed E-state index contributed by atoms with van der Waals surface area (Å²) in [5, 5.41) is 11.4. The molecular weight excluding hydrogens is 314 g/mol. The molecule has 0 radical (unpaired) electrons. The van der Waals surface area contributed by atoms with Gasteiger partial charge in [-0.15, -0.1) is 22.7 Å². The standard InChI is InChI=1S/C12H9N3O4S2/c1-6-9(16)14(5-8-13-2-3-20-8)12(19)15-4-7(11(17)18)21-10(6)15/h2-4H,5H2,1H3,(H,17,18). The second-order valence-electron chi connectivity index (χ2n) is 4.30. The van der Waals surface area contributed by atoms with E-state index in [1.165, 1.54) is 21.9 Å². The molecule has 108 valence electrons. The van der Waals surface area contributed by atoms with Crippen LogP contribution in [0.25, 0.3) is 4.83 Å². The SMILES string of the molecule is Cc1c(=O)n(Cc2nccs2)c(=O)n2cc(C(=O)O)sc12. The number of thiazole rings is 2. The molecule has 0 bridgehead atoms. The van der Waals surface area contributed by atoms with Gasteiger partial charge in [0.2, 0.25) is 0 Å². The lowest BCUT2D eigenvalue weighted by Gasteiger charge is -2.05. The molecule has 3 aromatic rings. The van der Waals surface area contributed by atoms with E-state index in [-0.39, 0.29) is 11.4 Å². The molecule has 0 saturated carbocycles. The van der Waals surface area contributed by atoms with Crippen LogP contribution in [-0.4, -0.2) is 25.0 Å². The highest BCUT2D eigenvalue weighted by atomic mass is 32.1. The number of carboxylic acids is 1. The van der Waals surface area contributed by atoms with E-state index in [0.717, 1.165) is 15.9 Å². The van der Waals surface area contributed by atoms with E-state index in [4.69, 9.17) is 5.11 Å². The number of aromatic carboxylic acids is 1. The molecule has 0 aromatic carbocycles. The maximum Gasteiger partial charge on any atom is 0.347 e. The van der Waals surface area contributed by atoms with Gasteiger partial charge in [-0.2, -0.15) is 0 Å².